The Kier molecular flexibility index (Phi) is 3.99. The van der Waals surface area contributed by atoms with Crippen LogP contribution in [0.1, 0.15) is 4.88 Å². The van der Waals surface area contributed by atoms with Gasteiger partial charge in [-0.25, -0.2) is 0 Å². The number of nitrogens with two attached hydrogens (primary N) is 2. The van der Waals surface area contributed by atoms with E-state index in [9.17, 15) is 9.36 Å². The van der Waals surface area contributed by atoms with E-state index in [1.54, 1.807) is 23.6 Å². The van der Waals surface area contributed by atoms with E-state index >= 15 is 0 Å². The number of amides is 1. The van der Waals surface area contributed by atoms with Gasteiger partial charge in [-0.15, -0.1) is 11.3 Å². The van der Waals surface area contributed by atoms with Crippen LogP contribution < -0.4 is 16.1 Å². The Balaban J connectivity index is 2.89. The molecule has 84 valence electrons. The van der Waals surface area contributed by atoms with Gasteiger partial charge in [-0.2, -0.15) is 5.26 Å². The number of hydrogen-bond donors (Lipinski definition) is 3. The van der Waals surface area contributed by atoms with Crippen molar-refractivity contribution < 1.29 is 9.36 Å². The molecule has 0 unspecified atom stereocenters. The number of carbonyl (C=O) groups is 1. The minimum Gasteiger partial charge on any atom is -0.279 e. The highest BCUT2D eigenvalue weighted by Gasteiger charge is 2.16. The van der Waals surface area contributed by atoms with Gasteiger partial charge < -0.3 is 0 Å². The summed E-state index contributed by atoms with van der Waals surface area (Å²) in [7, 11) is -3.67. The Morgan fingerprint density at radius 1 is 1.62 bits per heavy atom. The van der Waals surface area contributed by atoms with Gasteiger partial charge in [0.15, 0.2) is 0 Å². The minimum atomic E-state index is -3.67. The van der Waals surface area contributed by atoms with Crippen molar-refractivity contribution in [2.24, 2.45) is 11.0 Å². The molecule has 1 aromatic rings. The van der Waals surface area contributed by atoms with Gasteiger partial charge in [-0.05, 0) is 17.5 Å². The van der Waals surface area contributed by atoms with Gasteiger partial charge in [0.2, 0.25) is 0 Å². The first-order valence-corrected chi connectivity index (χ1v) is 6.80. The summed E-state index contributed by atoms with van der Waals surface area (Å²) in [6, 6.07) is 5.20. The summed E-state index contributed by atoms with van der Waals surface area (Å²) in [5, 5.41) is 12.4. The van der Waals surface area contributed by atoms with E-state index < -0.39 is 13.5 Å². The zero-order chi connectivity index (χ0) is 12.2. The predicted octanol–water partition coefficient (Wildman–Crippen LogP) is 0.797. The fourth-order valence-corrected chi connectivity index (χ4v) is 1.98. The lowest BCUT2D eigenvalue weighted by atomic mass is 10.2. The number of hydrogen-bond acceptors (Lipinski definition) is 4. The molecule has 0 aliphatic carbocycles. The average Bonchev–Trinajstić information content (AvgIpc) is 2.63. The van der Waals surface area contributed by atoms with E-state index in [4.69, 9.17) is 16.3 Å². The van der Waals surface area contributed by atoms with Gasteiger partial charge in [0.25, 0.3) is 5.91 Å². The quantitative estimate of drug-likeness (QED) is 0.419. The molecule has 0 radical (unpaired) electrons. The van der Waals surface area contributed by atoms with Crippen LogP contribution in [0, 0.1) is 11.3 Å². The van der Waals surface area contributed by atoms with Gasteiger partial charge in [-0.1, -0.05) is 6.07 Å². The highest BCUT2D eigenvalue weighted by molar-refractivity contribution is 7.57. The normalized spacial score (nSPS) is 11.9. The van der Waals surface area contributed by atoms with Crippen molar-refractivity contribution >= 4 is 30.9 Å². The van der Waals surface area contributed by atoms with Crippen LogP contribution in [0.25, 0.3) is 6.08 Å². The standard InChI is InChI=1S/C8H9N4O2PS/c9-5-6(4-7-2-1-3-16-7)8(13)12-15(10,11)14/h1-4H,(H5,10,11,12,13,14)/b6-4+. The van der Waals surface area contributed by atoms with Crippen LogP contribution >= 0.6 is 18.9 Å². The van der Waals surface area contributed by atoms with Crippen LogP contribution in [0.5, 0.6) is 0 Å². The van der Waals surface area contributed by atoms with E-state index in [1.807, 2.05) is 5.09 Å². The van der Waals surface area contributed by atoms with E-state index in [0.717, 1.165) is 4.88 Å². The predicted molar refractivity (Wildman–Crippen MR) is 62.0 cm³/mol. The molecule has 0 saturated heterocycles. The minimum absolute atomic E-state index is 0.196. The van der Waals surface area contributed by atoms with Gasteiger partial charge in [0.1, 0.15) is 11.6 Å². The molecule has 5 N–H and O–H groups in total. The van der Waals surface area contributed by atoms with Crippen molar-refractivity contribution in [1.29, 1.82) is 5.26 Å². The third-order valence-corrected chi connectivity index (χ3v) is 2.84. The fraction of sp³-hybridized carbons (Fsp3) is 0. The topological polar surface area (TPSA) is 122 Å². The fourth-order valence-electron chi connectivity index (χ4n) is 0.883. The largest absolute Gasteiger partial charge is 0.300 e. The second-order valence-corrected chi connectivity index (χ2v) is 5.46. The van der Waals surface area contributed by atoms with Crippen LogP contribution in [0.15, 0.2) is 23.1 Å². The Hall–Kier alpha value is -1.45. The molecule has 0 spiro atoms. The Morgan fingerprint density at radius 3 is 2.75 bits per heavy atom. The lowest BCUT2D eigenvalue weighted by Crippen LogP contribution is -2.29. The molecule has 0 fully saturated rings. The second kappa shape index (κ2) is 5.05. The Labute approximate surface area is 96.1 Å². The average molecular weight is 256 g/mol. The van der Waals surface area contributed by atoms with Crippen molar-refractivity contribution in [1.82, 2.24) is 5.09 Å². The highest BCUT2D eigenvalue weighted by atomic mass is 32.1. The summed E-state index contributed by atoms with van der Waals surface area (Å²) >= 11 is 1.36. The molecule has 0 aliphatic heterocycles. The van der Waals surface area contributed by atoms with Crippen molar-refractivity contribution in [3.05, 3.63) is 28.0 Å². The van der Waals surface area contributed by atoms with Crippen LogP contribution in [0.2, 0.25) is 0 Å². The molecule has 16 heavy (non-hydrogen) atoms. The summed E-state index contributed by atoms with van der Waals surface area (Å²) in [4.78, 5) is 12.1. The van der Waals surface area contributed by atoms with Crippen LogP contribution in [0.4, 0.5) is 0 Å². The van der Waals surface area contributed by atoms with E-state index in [-0.39, 0.29) is 5.57 Å². The molecule has 1 rings (SSSR count). The highest BCUT2D eigenvalue weighted by Crippen LogP contribution is 2.19. The zero-order valence-corrected chi connectivity index (χ0v) is 9.79. The molecule has 1 amide bonds. The molecule has 0 aliphatic rings. The number of thiophene rings is 1. The molecule has 8 heteroatoms. The van der Waals surface area contributed by atoms with Crippen LogP contribution in [-0.2, 0) is 9.36 Å². The summed E-state index contributed by atoms with van der Waals surface area (Å²) in [6.45, 7) is 0. The monoisotopic (exact) mass is 256 g/mol. The number of rotatable bonds is 3. The first-order chi connectivity index (χ1) is 7.42. The summed E-state index contributed by atoms with van der Waals surface area (Å²) < 4.78 is 10.9. The third kappa shape index (κ3) is 3.96. The molecule has 1 aromatic heterocycles. The number of nitriles is 1. The molecule has 0 aromatic carbocycles. The van der Waals surface area contributed by atoms with Gasteiger partial charge >= 0.3 is 7.59 Å². The molecular weight excluding hydrogens is 247 g/mol. The first kappa shape index (κ1) is 12.6. The molecule has 0 bridgehead atoms. The Bertz CT molecular complexity index is 497. The van der Waals surface area contributed by atoms with Crippen LogP contribution in [-0.4, -0.2) is 5.91 Å². The van der Waals surface area contributed by atoms with Crippen molar-refractivity contribution in [2.45, 2.75) is 0 Å². The van der Waals surface area contributed by atoms with Gasteiger partial charge in [0, 0.05) is 4.88 Å². The van der Waals surface area contributed by atoms with Crippen LogP contribution in [0.3, 0.4) is 0 Å². The zero-order valence-electron chi connectivity index (χ0n) is 8.08. The summed E-state index contributed by atoms with van der Waals surface area (Å²) in [5.41, 5.74) is 9.74. The third-order valence-electron chi connectivity index (χ3n) is 1.47. The maximum absolute atomic E-state index is 11.4. The smallest absolute Gasteiger partial charge is 0.279 e. The maximum Gasteiger partial charge on any atom is 0.300 e. The lowest BCUT2D eigenvalue weighted by Gasteiger charge is -2.07. The summed E-state index contributed by atoms with van der Waals surface area (Å²) in [5.74, 6) is -0.843. The number of carbonyl (C=O) groups excluding carboxylic acids is 1. The lowest BCUT2D eigenvalue weighted by molar-refractivity contribution is -0.115. The molecule has 6 nitrogen and oxygen atoms in total. The number of nitrogens with one attached hydrogen (secondary N) is 1. The van der Waals surface area contributed by atoms with E-state index in [1.165, 1.54) is 17.4 Å². The second-order valence-electron chi connectivity index (χ2n) is 2.84. The van der Waals surface area contributed by atoms with E-state index in [2.05, 4.69) is 0 Å². The van der Waals surface area contributed by atoms with Gasteiger partial charge in [-0.3, -0.25) is 25.5 Å². The van der Waals surface area contributed by atoms with Crippen molar-refractivity contribution in [3.63, 3.8) is 0 Å². The van der Waals surface area contributed by atoms with E-state index in [0.29, 0.717) is 0 Å². The Morgan fingerprint density at radius 2 is 2.31 bits per heavy atom. The van der Waals surface area contributed by atoms with Gasteiger partial charge in [0.05, 0.1) is 0 Å². The molecule has 1 heterocycles. The molecule has 0 saturated carbocycles. The molecular formula is C8H9N4O2PS. The van der Waals surface area contributed by atoms with Crippen molar-refractivity contribution in [2.75, 3.05) is 0 Å². The first-order valence-electron chi connectivity index (χ1n) is 4.07. The number of nitrogens with zero attached hydrogens (tertiary/aromatic N) is 1. The van der Waals surface area contributed by atoms with Crippen molar-refractivity contribution in [3.8, 4) is 6.07 Å². The maximum atomic E-state index is 11.4. The summed E-state index contributed by atoms with van der Waals surface area (Å²) in [6.07, 6.45) is 1.37. The SMILES string of the molecule is N#C/C(=C\c1cccs1)C(=O)NP(N)(N)=O. The molecule has 0 atom stereocenters.